The van der Waals surface area contributed by atoms with Gasteiger partial charge in [-0.3, -0.25) is 14.5 Å². The second kappa shape index (κ2) is 14.0. The molecule has 0 bridgehead atoms. The molecular weight excluding hydrogens is 580 g/mol. The lowest BCUT2D eigenvalue weighted by Gasteiger charge is -2.22. The van der Waals surface area contributed by atoms with Crippen LogP contribution in [0.15, 0.2) is 72.8 Å². The van der Waals surface area contributed by atoms with Gasteiger partial charge in [0.15, 0.2) is 5.69 Å². The number of nitrogens with one attached hydrogen (secondary N) is 2. The molecule has 0 saturated carbocycles. The molecule has 1 saturated heterocycles. The van der Waals surface area contributed by atoms with Gasteiger partial charge in [0.2, 0.25) is 0 Å². The molecule has 1 aromatic heterocycles. The predicted molar refractivity (Wildman–Crippen MR) is 167 cm³/mol. The Kier molecular flexibility index (Phi) is 9.75. The molecule has 2 N–H and O–H groups in total. The number of methoxy groups -OCH3 is 2. The highest BCUT2D eigenvalue weighted by atomic mass is 32.1. The Bertz CT molecular complexity index is 1640. The molecule has 0 aliphatic carbocycles. The zero-order chi connectivity index (χ0) is 31.1. The van der Waals surface area contributed by atoms with Gasteiger partial charge in [-0.2, -0.15) is 0 Å². The molecule has 3 aromatic carbocycles. The number of aryl methyl sites for hydroxylation is 1. The Hall–Kier alpha value is -4.90. The summed E-state index contributed by atoms with van der Waals surface area (Å²) >= 11 is 1.19. The third-order valence-electron chi connectivity index (χ3n) is 7.39. The van der Waals surface area contributed by atoms with E-state index < -0.39 is 12.0 Å². The number of benzene rings is 3. The maximum atomic E-state index is 13.6. The summed E-state index contributed by atoms with van der Waals surface area (Å²) in [6.07, 6.45) is 0.965. The van der Waals surface area contributed by atoms with Gasteiger partial charge in [0.05, 0.1) is 20.3 Å². The van der Waals surface area contributed by atoms with Crippen molar-refractivity contribution in [3.63, 3.8) is 0 Å². The number of anilines is 1. The van der Waals surface area contributed by atoms with Crippen LogP contribution >= 0.6 is 11.3 Å². The highest BCUT2D eigenvalue weighted by Crippen LogP contribution is 2.38. The number of hydrogen-bond acceptors (Lipinski definition) is 8. The van der Waals surface area contributed by atoms with Crippen molar-refractivity contribution in [3.8, 4) is 11.5 Å². The Morgan fingerprint density at radius 3 is 2.50 bits per heavy atom. The Morgan fingerprint density at radius 2 is 1.75 bits per heavy atom. The summed E-state index contributed by atoms with van der Waals surface area (Å²) in [5, 5.41) is 6.65. The van der Waals surface area contributed by atoms with Crippen molar-refractivity contribution in [2.75, 3.05) is 26.1 Å². The van der Waals surface area contributed by atoms with Crippen LogP contribution in [-0.4, -0.2) is 48.6 Å². The second-order valence-electron chi connectivity index (χ2n) is 10.3. The zero-order valence-electron chi connectivity index (χ0n) is 24.8. The average molecular weight is 615 g/mol. The molecule has 0 radical (unpaired) electrons. The van der Waals surface area contributed by atoms with E-state index in [0.29, 0.717) is 40.0 Å². The van der Waals surface area contributed by atoms with Gasteiger partial charge < -0.3 is 24.8 Å². The third kappa shape index (κ3) is 7.00. The largest absolute Gasteiger partial charge is 0.497 e. The number of carbonyl (C=O) groups excluding carboxylic acids is 3. The molecule has 10 nitrogen and oxygen atoms in total. The van der Waals surface area contributed by atoms with Crippen molar-refractivity contribution in [3.05, 3.63) is 106 Å². The number of amides is 3. The molecule has 5 rings (SSSR count). The van der Waals surface area contributed by atoms with E-state index in [9.17, 15) is 14.4 Å². The minimum absolute atomic E-state index is 0.0731. The van der Waals surface area contributed by atoms with Crippen LogP contribution in [0, 0.1) is 6.92 Å². The van der Waals surface area contributed by atoms with E-state index in [-0.39, 0.29) is 30.8 Å². The van der Waals surface area contributed by atoms with Gasteiger partial charge in [0.1, 0.15) is 28.1 Å². The zero-order valence-corrected chi connectivity index (χ0v) is 25.6. The van der Waals surface area contributed by atoms with Crippen molar-refractivity contribution in [1.29, 1.82) is 0 Å². The number of hydrogen-bond donors (Lipinski definition) is 2. The van der Waals surface area contributed by atoms with E-state index in [2.05, 4.69) is 15.6 Å². The van der Waals surface area contributed by atoms with Gasteiger partial charge in [0.25, 0.3) is 11.8 Å². The summed E-state index contributed by atoms with van der Waals surface area (Å²) in [6.45, 7) is 2.66. The molecule has 1 aliphatic rings. The highest BCUT2D eigenvalue weighted by molar-refractivity contribution is 7.16. The number of likely N-dealkylation sites (tertiary alicyclic amines) is 1. The Labute approximate surface area is 260 Å². The fourth-order valence-corrected chi connectivity index (χ4v) is 6.12. The second-order valence-corrected chi connectivity index (χ2v) is 11.3. The molecule has 3 amide bonds. The number of nitrogens with zero attached hydrogens (tertiary/aromatic N) is 2. The number of aromatic nitrogens is 1. The lowest BCUT2D eigenvalue weighted by atomic mass is 10.1. The van der Waals surface area contributed by atoms with Gasteiger partial charge in [-0.05, 0) is 49.1 Å². The lowest BCUT2D eigenvalue weighted by Crippen LogP contribution is -2.31. The fraction of sp³-hybridized carbons (Fsp3) is 0.273. The number of ether oxygens (including phenoxy) is 3. The van der Waals surface area contributed by atoms with E-state index in [1.54, 1.807) is 43.4 Å². The third-order valence-corrected chi connectivity index (χ3v) is 8.46. The number of carbonyl (C=O) groups is 3. The fourth-order valence-electron chi connectivity index (χ4n) is 5.02. The summed E-state index contributed by atoms with van der Waals surface area (Å²) in [5.41, 5.74) is 2.99. The summed E-state index contributed by atoms with van der Waals surface area (Å²) < 4.78 is 16.3. The SMILES string of the molecule is COc1ccc(CNC(=O)c2nc(C3CCCN3C(=O)OCc3ccccc3)sc2NC(=O)c2ccccc2C)c(OC)c1. The van der Waals surface area contributed by atoms with Gasteiger partial charge in [-0.1, -0.05) is 59.9 Å². The molecule has 11 heteroatoms. The van der Waals surface area contributed by atoms with Gasteiger partial charge in [-0.25, -0.2) is 9.78 Å². The Morgan fingerprint density at radius 1 is 0.977 bits per heavy atom. The normalized spacial score (nSPS) is 14.2. The van der Waals surface area contributed by atoms with Crippen molar-refractivity contribution < 1.29 is 28.6 Å². The van der Waals surface area contributed by atoms with Crippen LogP contribution < -0.4 is 20.1 Å². The highest BCUT2D eigenvalue weighted by Gasteiger charge is 2.35. The Balaban J connectivity index is 1.38. The van der Waals surface area contributed by atoms with Crippen molar-refractivity contribution >= 4 is 34.2 Å². The topological polar surface area (TPSA) is 119 Å². The van der Waals surface area contributed by atoms with Crippen LogP contribution in [0.25, 0.3) is 0 Å². The molecule has 1 aliphatic heterocycles. The van der Waals surface area contributed by atoms with E-state index in [4.69, 9.17) is 14.2 Å². The van der Waals surface area contributed by atoms with Crippen LogP contribution in [0.2, 0.25) is 0 Å². The molecule has 1 unspecified atom stereocenters. The molecule has 1 fully saturated rings. The van der Waals surface area contributed by atoms with Crippen LogP contribution in [0.1, 0.15) is 61.4 Å². The molecule has 0 spiro atoms. The summed E-state index contributed by atoms with van der Waals surface area (Å²) in [6, 6.07) is 21.6. The van der Waals surface area contributed by atoms with E-state index >= 15 is 0 Å². The van der Waals surface area contributed by atoms with Crippen LogP contribution in [0.3, 0.4) is 0 Å². The predicted octanol–water partition coefficient (Wildman–Crippen LogP) is 6.12. The standard InChI is InChI=1S/C33H34N4O6S/c1-21-10-7-8-13-25(21)29(38)36-32-28(30(39)34-19-23-15-16-24(41-2)18-27(23)42-3)35-31(44-32)26-14-9-17-37(26)33(40)43-20-22-11-5-4-6-12-22/h4-8,10-13,15-16,18,26H,9,14,17,19-20H2,1-3H3,(H,34,39)(H,36,38). The molecule has 44 heavy (non-hydrogen) atoms. The maximum absolute atomic E-state index is 13.6. The molecule has 228 valence electrons. The first-order chi connectivity index (χ1) is 21.4. The van der Waals surface area contributed by atoms with Crippen molar-refractivity contribution in [1.82, 2.24) is 15.2 Å². The van der Waals surface area contributed by atoms with E-state index in [1.807, 2.05) is 55.5 Å². The molecule has 2 heterocycles. The first-order valence-electron chi connectivity index (χ1n) is 14.2. The van der Waals surface area contributed by atoms with Crippen molar-refractivity contribution in [2.45, 2.75) is 39.0 Å². The lowest BCUT2D eigenvalue weighted by molar-refractivity contribution is 0.0919. The molecule has 4 aromatic rings. The molecular formula is C33H34N4O6S. The number of rotatable bonds is 10. The van der Waals surface area contributed by atoms with Crippen LogP contribution in [0.5, 0.6) is 11.5 Å². The monoisotopic (exact) mass is 614 g/mol. The summed E-state index contributed by atoms with van der Waals surface area (Å²) in [4.78, 5) is 46.3. The van der Waals surface area contributed by atoms with Gasteiger partial charge in [0, 0.05) is 30.3 Å². The number of thiazole rings is 1. The smallest absolute Gasteiger partial charge is 0.410 e. The van der Waals surface area contributed by atoms with Gasteiger partial charge in [-0.15, -0.1) is 0 Å². The minimum atomic E-state index is -0.471. The van der Waals surface area contributed by atoms with E-state index in [0.717, 1.165) is 23.1 Å². The van der Waals surface area contributed by atoms with Crippen molar-refractivity contribution in [2.24, 2.45) is 0 Å². The first-order valence-corrected chi connectivity index (χ1v) is 15.0. The summed E-state index contributed by atoms with van der Waals surface area (Å²) in [7, 11) is 3.11. The minimum Gasteiger partial charge on any atom is -0.497 e. The van der Waals surface area contributed by atoms with E-state index in [1.165, 1.54) is 11.3 Å². The summed E-state index contributed by atoms with van der Waals surface area (Å²) in [5.74, 6) is 0.370. The first kappa shape index (κ1) is 30.6. The van der Waals surface area contributed by atoms with Crippen LogP contribution in [0.4, 0.5) is 9.80 Å². The van der Waals surface area contributed by atoms with Gasteiger partial charge >= 0.3 is 6.09 Å². The molecule has 1 atom stereocenters. The average Bonchev–Trinajstić information content (AvgIpc) is 3.71. The maximum Gasteiger partial charge on any atom is 0.410 e. The van der Waals surface area contributed by atoms with Crippen LogP contribution in [-0.2, 0) is 17.9 Å². The quantitative estimate of drug-likeness (QED) is 0.221.